The number of aromatic nitrogens is 1. The van der Waals surface area contributed by atoms with E-state index >= 15 is 0 Å². The Balaban J connectivity index is 1.48. The third-order valence-corrected chi connectivity index (χ3v) is 5.94. The number of carbonyl (C=O) groups excluding carboxylic acids is 2. The van der Waals surface area contributed by atoms with Crippen molar-refractivity contribution in [1.29, 1.82) is 0 Å². The smallest absolute Gasteiger partial charge is 0.292 e. The molecule has 2 fully saturated rings. The molecule has 4 rings (SSSR count). The number of hydrogen-bond acceptors (Lipinski definition) is 6. The summed E-state index contributed by atoms with van der Waals surface area (Å²) in [6.07, 6.45) is 0.728. The monoisotopic (exact) mass is 447 g/mol. The van der Waals surface area contributed by atoms with Gasteiger partial charge in [0.05, 0.1) is 18.9 Å². The van der Waals surface area contributed by atoms with E-state index in [4.69, 9.17) is 25.6 Å². The van der Waals surface area contributed by atoms with Gasteiger partial charge in [0.15, 0.2) is 0 Å². The van der Waals surface area contributed by atoms with Crippen molar-refractivity contribution in [2.45, 2.75) is 25.9 Å². The van der Waals surface area contributed by atoms with Crippen LogP contribution < -0.4 is 4.74 Å². The summed E-state index contributed by atoms with van der Waals surface area (Å²) in [7, 11) is 0. The molecule has 166 valence electrons. The number of nitrogens with zero attached hydrogens (tertiary/aromatic N) is 3. The second kappa shape index (κ2) is 9.70. The Bertz CT molecular complexity index is 910. The van der Waals surface area contributed by atoms with E-state index in [1.807, 2.05) is 17.0 Å². The second-order valence-electron chi connectivity index (χ2n) is 7.94. The second-order valence-corrected chi connectivity index (χ2v) is 8.38. The van der Waals surface area contributed by atoms with E-state index in [2.05, 4.69) is 5.16 Å². The van der Waals surface area contributed by atoms with E-state index in [-0.39, 0.29) is 29.6 Å². The van der Waals surface area contributed by atoms with Crippen LogP contribution >= 0.6 is 11.6 Å². The van der Waals surface area contributed by atoms with Crippen molar-refractivity contribution in [2.75, 3.05) is 39.4 Å². The van der Waals surface area contributed by atoms with Crippen LogP contribution in [0.4, 0.5) is 0 Å². The molecule has 0 N–H and O–H groups in total. The fourth-order valence-corrected chi connectivity index (χ4v) is 4.15. The lowest BCUT2D eigenvalue weighted by Crippen LogP contribution is -2.50. The molecule has 1 aromatic heterocycles. The predicted molar refractivity (Wildman–Crippen MR) is 113 cm³/mol. The van der Waals surface area contributed by atoms with E-state index in [1.54, 1.807) is 30.0 Å². The first-order chi connectivity index (χ1) is 15.0. The fourth-order valence-electron chi connectivity index (χ4n) is 4.02. The Morgan fingerprint density at radius 2 is 1.90 bits per heavy atom. The minimum absolute atomic E-state index is 0.0582. The van der Waals surface area contributed by atoms with Crippen molar-refractivity contribution in [2.24, 2.45) is 5.92 Å². The maximum Gasteiger partial charge on any atom is 0.292 e. The first-order valence-corrected chi connectivity index (χ1v) is 10.9. The summed E-state index contributed by atoms with van der Waals surface area (Å²) >= 11 is 5.98. The third kappa shape index (κ3) is 5.37. The van der Waals surface area contributed by atoms with Gasteiger partial charge >= 0.3 is 0 Å². The van der Waals surface area contributed by atoms with Gasteiger partial charge in [-0.3, -0.25) is 9.59 Å². The number of ether oxygens (including phenoxy) is 2. The van der Waals surface area contributed by atoms with E-state index in [9.17, 15) is 9.59 Å². The molecule has 31 heavy (non-hydrogen) atoms. The van der Waals surface area contributed by atoms with E-state index < -0.39 is 0 Å². The first-order valence-electron chi connectivity index (χ1n) is 10.5. The van der Waals surface area contributed by atoms with Crippen LogP contribution in [0.15, 0.2) is 34.9 Å². The lowest BCUT2D eigenvalue weighted by molar-refractivity contribution is -0.137. The minimum Gasteiger partial charge on any atom is -0.490 e. The molecule has 0 saturated carbocycles. The van der Waals surface area contributed by atoms with E-state index in [1.165, 1.54) is 0 Å². The average Bonchev–Trinajstić information content (AvgIpc) is 3.22. The molecule has 2 aromatic rings. The number of likely N-dealkylation sites (tertiary alicyclic amines) is 1. The molecular formula is C22H26ClN3O5. The predicted octanol–water partition coefficient (Wildman–Crippen LogP) is 2.80. The number of benzene rings is 1. The van der Waals surface area contributed by atoms with Gasteiger partial charge in [0, 0.05) is 56.0 Å². The molecule has 2 aliphatic rings. The Morgan fingerprint density at radius 1 is 1.16 bits per heavy atom. The summed E-state index contributed by atoms with van der Waals surface area (Å²) in [5.74, 6) is 0.613. The van der Waals surface area contributed by atoms with E-state index in [0.717, 1.165) is 0 Å². The van der Waals surface area contributed by atoms with Gasteiger partial charge in [0.2, 0.25) is 11.7 Å². The largest absolute Gasteiger partial charge is 0.490 e. The van der Waals surface area contributed by atoms with Crippen LogP contribution in [-0.2, 0) is 9.53 Å². The average molecular weight is 448 g/mol. The molecule has 3 heterocycles. The minimum atomic E-state index is -0.214. The summed E-state index contributed by atoms with van der Waals surface area (Å²) in [6, 6.07) is 8.81. The topological polar surface area (TPSA) is 85.1 Å². The molecule has 0 spiro atoms. The Hall–Kier alpha value is -2.58. The molecule has 8 nitrogen and oxygen atoms in total. The number of amides is 2. The van der Waals surface area contributed by atoms with Crippen molar-refractivity contribution in [3.8, 4) is 5.75 Å². The van der Waals surface area contributed by atoms with Crippen molar-refractivity contribution in [3.63, 3.8) is 0 Å². The highest BCUT2D eigenvalue weighted by atomic mass is 35.5. The molecule has 2 atom stereocenters. The zero-order valence-electron chi connectivity index (χ0n) is 17.5. The normalized spacial score (nSPS) is 21.7. The highest BCUT2D eigenvalue weighted by Gasteiger charge is 2.36. The number of hydrogen-bond donors (Lipinski definition) is 0. The number of aryl methyl sites for hydroxylation is 1. The van der Waals surface area contributed by atoms with Gasteiger partial charge in [-0.1, -0.05) is 16.8 Å². The molecular weight excluding hydrogens is 422 g/mol. The molecule has 0 radical (unpaired) electrons. The number of rotatable bonds is 5. The van der Waals surface area contributed by atoms with Gasteiger partial charge < -0.3 is 23.8 Å². The van der Waals surface area contributed by atoms with Crippen molar-refractivity contribution >= 4 is 23.4 Å². The van der Waals surface area contributed by atoms with Gasteiger partial charge in [0.25, 0.3) is 5.91 Å². The highest BCUT2D eigenvalue weighted by Crippen LogP contribution is 2.28. The lowest BCUT2D eigenvalue weighted by atomic mass is 9.90. The quantitative estimate of drug-likeness (QED) is 0.700. The molecule has 1 aromatic carbocycles. The maximum atomic E-state index is 12.9. The highest BCUT2D eigenvalue weighted by molar-refractivity contribution is 6.30. The van der Waals surface area contributed by atoms with Crippen molar-refractivity contribution in [3.05, 3.63) is 46.8 Å². The standard InChI is InChI=1S/C22H26ClN3O5/c1-15-12-20(31-24-15)22(28)26-7-6-19(30-18-4-2-17(23)3-5-18)16(14-26)13-21(27)25-8-10-29-11-9-25/h2-5,12,16,19H,6-11,13-14H2,1H3/t16-,19-/m0/s1. The Morgan fingerprint density at radius 3 is 2.58 bits per heavy atom. The SMILES string of the molecule is Cc1cc(C(=O)N2CC[C@H](Oc3ccc(Cl)cc3)[C@@H](CC(=O)N3CCOCC3)C2)on1. The number of piperidine rings is 1. The summed E-state index contributed by atoms with van der Waals surface area (Å²) in [6.45, 7) is 4.98. The molecule has 2 amide bonds. The summed E-state index contributed by atoms with van der Waals surface area (Å²) in [5.41, 5.74) is 0.656. The van der Waals surface area contributed by atoms with Crippen LogP contribution in [-0.4, -0.2) is 72.3 Å². The molecule has 2 aliphatic heterocycles. The lowest BCUT2D eigenvalue weighted by Gasteiger charge is -2.39. The van der Waals surface area contributed by atoms with Crippen LogP contribution in [0.3, 0.4) is 0 Å². The number of halogens is 1. The Labute approximate surface area is 186 Å². The van der Waals surface area contributed by atoms with Crippen LogP contribution in [0.25, 0.3) is 0 Å². The van der Waals surface area contributed by atoms with Gasteiger partial charge in [0.1, 0.15) is 11.9 Å². The van der Waals surface area contributed by atoms with Crippen LogP contribution in [0.2, 0.25) is 5.02 Å². The van der Waals surface area contributed by atoms with Crippen LogP contribution in [0.1, 0.15) is 29.1 Å². The summed E-state index contributed by atoms with van der Waals surface area (Å²) in [5, 5.41) is 4.44. The molecule has 0 bridgehead atoms. The van der Waals surface area contributed by atoms with Gasteiger partial charge in [-0.15, -0.1) is 0 Å². The molecule has 0 aliphatic carbocycles. The zero-order chi connectivity index (χ0) is 21.8. The van der Waals surface area contributed by atoms with E-state index in [0.29, 0.717) is 68.7 Å². The number of carbonyl (C=O) groups is 2. The van der Waals surface area contributed by atoms with Crippen LogP contribution in [0, 0.1) is 12.8 Å². The van der Waals surface area contributed by atoms with Gasteiger partial charge in [-0.05, 0) is 31.2 Å². The molecule has 9 heteroatoms. The Kier molecular flexibility index (Phi) is 6.77. The molecule has 2 saturated heterocycles. The molecule has 0 unspecified atom stereocenters. The van der Waals surface area contributed by atoms with Crippen molar-refractivity contribution in [1.82, 2.24) is 15.0 Å². The first kappa shape index (κ1) is 21.6. The van der Waals surface area contributed by atoms with Gasteiger partial charge in [-0.25, -0.2) is 0 Å². The third-order valence-electron chi connectivity index (χ3n) is 5.69. The van der Waals surface area contributed by atoms with Gasteiger partial charge in [-0.2, -0.15) is 0 Å². The summed E-state index contributed by atoms with van der Waals surface area (Å²) in [4.78, 5) is 29.3. The maximum absolute atomic E-state index is 12.9. The van der Waals surface area contributed by atoms with Crippen LogP contribution in [0.5, 0.6) is 5.75 Å². The summed E-state index contributed by atoms with van der Waals surface area (Å²) < 4.78 is 16.7. The zero-order valence-corrected chi connectivity index (χ0v) is 18.2. The fraction of sp³-hybridized carbons (Fsp3) is 0.500. The van der Waals surface area contributed by atoms with Crippen molar-refractivity contribution < 1.29 is 23.6 Å². The number of morpholine rings is 1.